The Morgan fingerprint density at radius 3 is 2.95 bits per heavy atom. The number of benzene rings is 1. The van der Waals surface area contributed by atoms with E-state index in [1.54, 1.807) is 18.2 Å². The molecule has 1 amide bonds. The van der Waals surface area contributed by atoms with Crippen LogP contribution < -0.4 is 10.2 Å². The third-order valence-corrected chi connectivity index (χ3v) is 2.81. The van der Waals surface area contributed by atoms with E-state index < -0.39 is 5.91 Å². The number of hydrogen-bond donors (Lipinski definition) is 1. The molecule has 0 unspecified atom stereocenters. The third kappa shape index (κ3) is 5.02. The molecule has 2 aromatic rings. The van der Waals surface area contributed by atoms with E-state index in [0.717, 1.165) is 0 Å². The second kappa shape index (κ2) is 7.56. The largest absolute Gasteiger partial charge is 0.466 e. The number of hydrazone groups is 1. The Labute approximate surface area is 130 Å². The summed E-state index contributed by atoms with van der Waals surface area (Å²) in [5.41, 5.74) is 2.94. The average molecular weight is 325 g/mol. The van der Waals surface area contributed by atoms with E-state index in [9.17, 15) is 4.79 Å². The van der Waals surface area contributed by atoms with Crippen molar-refractivity contribution in [1.29, 1.82) is 0 Å². The van der Waals surface area contributed by atoms with Crippen LogP contribution >= 0.6 is 23.2 Å². The number of nitrogens with zero attached hydrogens (tertiary/aromatic N) is 3. The highest BCUT2D eigenvalue weighted by Crippen LogP contribution is 2.19. The van der Waals surface area contributed by atoms with Gasteiger partial charge in [-0.3, -0.25) is 9.78 Å². The van der Waals surface area contributed by atoms with E-state index in [0.29, 0.717) is 15.6 Å². The fourth-order valence-corrected chi connectivity index (χ4v) is 1.77. The molecule has 0 radical (unpaired) electrons. The van der Waals surface area contributed by atoms with Gasteiger partial charge in [0.05, 0.1) is 17.4 Å². The highest BCUT2D eigenvalue weighted by atomic mass is 35.5. The number of amides is 1. The lowest BCUT2D eigenvalue weighted by molar-refractivity contribution is -0.123. The van der Waals surface area contributed by atoms with Crippen molar-refractivity contribution in [3.63, 3.8) is 0 Å². The van der Waals surface area contributed by atoms with Gasteiger partial charge in [0.25, 0.3) is 5.91 Å². The maximum atomic E-state index is 11.5. The molecule has 0 atom stereocenters. The Kier molecular flexibility index (Phi) is 5.48. The zero-order chi connectivity index (χ0) is 15.1. The van der Waals surface area contributed by atoms with Crippen LogP contribution in [-0.4, -0.2) is 28.7 Å². The Bertz CT molecular complexity index is 650. The lowest BCUT2D eigenvalue weighted by atomic mass is 10.2. The quantitative estimate of drug-likeness (QED) is 0.676. The molecule has 0 aliphatic rings. The van der Waals surface area contributed by atoms with Crippen LogP contribution in [0.15, 0.2) is 41.9 Å². The number of rotatable bonds is 5. The van der Waals surface area contributed by atoms with E-state index in [1.807, 2.05) is 0 Å². The van der Waals surface area contributed by atoms with Gasteiger partial charge < -0.3 is 4.74 Å². The predicted molar refractivity (Wildman–Crippen MR) is 79.7 cm³/mol. The van der Waals surface area contributed by atoms with Gasteiger partial charge in [0.2, 0.25) is 5.88 Å². The first-order valence-electron chi connectivity index (χ1n) is 5.81. The van der Waals surface area contributed by atoms with Gasteiger partial charge in [-0.15, -0.1) is 0 Å². The number of hydrogen-bond acceptors (Lipinski definition) is 5. The van der Waals surface area contributed by atoms with Crippen LogP contribution in [0.1, 0.15) is 5.56 Å². The summed E-state index contributed by atoms with van der Waals surface area (Å²) >= 11 is 11.7. The molecule has 0 aliphatic heterocycles. The van der Waals surface area contributed by atoms with Crippen LogP contribution in [0.4, 0.5) is 0 Å². The van der Waals surface area contributed by atoms with Crippen molar-refractivity contribution in [2.45, 2.75) is 0 Å². The fourth-order valence-electron chi connectivity index (χ4n) is 1.31. The maximum Gasteiger partial charge on any atom is 0.278 e. The minimum atomic E-state index is -0.429. The molecular weight excluding hydrogens is 315 g/mol. The Hall–Kier alpha value is -2.18. The average Bonchev–Trinajstić information content (AvgIpc) is 2.48. The first-order chi connectivity index (χ1) is 10.1. The van der Waals surface area contributed by atoms with E-state index >= 15 is 0 Å². The summed E-state index contributed by atoms with van der Waals surface area (Å²) in [6.07, 6.45) is 5.80. The van der Waals surface area contributed by atoms with Crippen LogP contribution in [0.25, 0.3) is 0 Å². The Morgan fingerprint density at radius 2 is 2.24 bits per heavy atom. The zero-order valence-corrected chi connectivity index (χ0v) is 12.2. The maximum absolute atomic E-state index is 11.5. The lowest BCUT2D eigenvalue weighted by Crippen LogP contribution is -2.24. The van der Waals surface area contributed by atoms with Crippen LogP contribution in [0.3, 0.4) is 0 Å². The van der Waals surface area contributed by atoms with Gasteiger partial charge in [-0.25, -0.2) is 10.4 Å². The smallest absolute Gasteiger partial charge is 0.278 e. The van der Waals surface area contributed by atoms with Crippen molar-refractivity contribution in [1.82, 2.24) is 15.4 Å². The molecule has 0 aliphatic carbocycles. The van der Waals surface area contributed by atoms with Crippen molar-refractivity contribution < 1.29 is 9.53 Å². The molecule has 1 N–H and O–H groups in total. The number of nitrogens with one attached hydrogen (secondary N) is 1. The molecule has 108 valence electrons. The highest BCUT2D eigenvalue weighted by molar-refractivity contribution is 6.36. The van der Waals surface area contributed by atoms with Crippen molar-refractivity contribution >= 4 is 35.3 Å². The molecule has 2 rings (SSSR count). The van der Waals surface area contributed by atoms with Crippen LogP contribution in [0.2, 0.25) is 10.0 Å². The van der Waals surface area contributed by atoms with E-state index in [-0.39, 0.29) is 12.5 Å². The SMILES string of the molecule is O=C(COc1cnccn1)N/N=C/c1ccc(Cl)cc1Cl. The highest BCUT2D eigenvalue weighted by Gasteiger charge is 2.02. The van der Waals surface area contributed by atoms with Gasteiger partial charge in [0.1, 0.15) is 0 Å². The van der Waals surface area contributed by atoms with Gasteiger partial charge in [-0.1, -0.05) is 29.3 Å². The molecule has 0 fully saturated rings. The van der Waals surface area contributed by atoms with Crippen molar-refractivity contribution in [3.05, 3.63) is 52.4 Å². The number of aromatic nitrogens is 2. The molecule has 1 heterocycles. The Balaban J connectivity index is 1.82. The second-order valence-electron chi connectivity index (χ2n) is 3.79. The summed E-state index contributed by atoms with van der Waals surface area (Å²) in [4.78, 5) is 19.2. The van der Waals surface area contributed by atoms with E-state index in [2.05, 4.69) is 20.5 Å². The molecule has 1 aromatic heterocycles. The first kappa shape index (κ1) is 15.2. The molecule has 1 aromatic carbocycles. The summed E-state index contributed by atoms with van der Waals surface area (Å²) in [5, 5.41) is 4.74. The summed E-state index contributed by atoms with van der Waals surface area (Å²) in [6.45, 7) is -0.218. The van der Waals surface area contributed by atoms with Gasteiger partial charge in [0.15, 0.2) is 6.61 Å². The monoisotopic (exact) mass is 324 g/mol. The third-order valence-electron chi connectivity index (χ3n) is 2.25. The standard InChI is InChI=1S/C13H10Cl2N4O2/c14-10-2-1-9(11(15)5-10)6-18-19-12(20)8-21-13-7-16-3-4-17-13/h1-7H,8H2,(H,19,20)/b18-6+. The lowest BCUT2D eigenvalue weighted by Gasteiger charge is -2.03. The second-order valence-corrected chi connectivity index (χ2v) is 4.63. The zero-order valence-electron chi connectivity index (χ0n) is 10.7. The van der Waals surface area contributed by atoms with Gasteiger partial charge >= 0.3 is 0 Å². The van der Waals surface area contributed by atoms with Gasteiger partial charge in [-0.2, -0.15) is 5.10 Å². The molecule has 0 bridgehead atoms. The summed E-state index contributed by atoms with van der Waals surface area (Å²) in [7, 11) is 0. The number of carbonyl (C=O) groups excluding carboxylic acids is 1. The Morgan fingerprint density at radius 1 is 1.38 bits per heavy atom. The van der Waals surface area contributed by atoms with Gasteiger partial charge in [-0.05, 0) is 12.1 Å². The van der Waals surface area contributed by atoms with E-state index in [1.165, 1.54) is 24.8 Å². The summed E-state index contributed by atoms with van der Waals surface area (Å²) in [5.74, 6) is -0.167. The topological polar surface area (TPSA) is 76.5 Å². The molecular formula is C13H10Cl2N4O2. The minimum Gasteiger partial charge on any atom is -0.466 e. The molecule has 0 spiro atoms. The van der Waals surface area contributed by atoms with Crippen LogP contribution in [-0.2, 0) is 4.79 Å². The summed E-state index contributed by atoms with van der Waals surface area (Å²) in [6, 6.07) is 4.95. The molecule has 8 heteroatoms. The molecule has 0 saturated heterocycles. The van der Waals surface area contributed by atoms with Gasteiger partial charge in [0, 0.05) is 23.0 Å². The number of ether oxygens (including phenoxy) is 1. The van der Waals surface area contributed by atoms with Crippen LogP contribution in [0.5, 0.6) is 5.88 Å². The van der Waals surface area contributed by atoms with Crippen molar-refractivity contribution in [2.75, 3.05) is 6.61 Å². The van der Waals surface area contributed by atoms with Crippen LogP contribution in [0, 0.1) is 0 Å². The minimum absolute atomic E-state index is 0.218. The summed E-state index contributed by atoms with van der Waals surface area (Å²) < 4.78 is 5.11. The fraction of sp³-hybridized carbons (Fsp3) is 0.0769. The van der Waals surface area contributed by atoms with E-state index in [4.69, 9.17) is 27.9 Å². The van der Waals surface area contributed by atoms with Crippen molar-refractivity contribution in [3.8, 4) is 5.88 Å². The first-order valence-corrected chi connectivity index (χ1v) is 6.56. The molecule has 21 heavy (non-hydrogen) atoms. The number of halogens is 2. The molecule has 0 saturated carbocycles. The molecule has 6 nitrogen and oxygen atoms in total. The normalized spacial score (nSPS) is 10.6. The van der Waals surface area contributed by atoms with Crippen molar-refractivity contribution in [2.24, 2.45) is 5.10 Å². The predicted octanol–water partition coefficient (Wildman–Crippen LogP) is 2.31. The number of carbonyl (C=O) groups is 1.